The van der Waals surface area contributed by atoms with Crippen molar-refractivity contribution in [1.29, 1.82) is 0 Å². The molecule has 6 heteroatoms. The van der Waals surface area contributed by atoms with Crippen LogP contribution in [0.25, 0.3) is 10.8 Å². The van der Waals surface area contributed by atoms with Crippen LogP contribution in [0.3, 0.4) is 0 Å². The molecule has 4 rings (SSSR count). The van der Waals surface area contributed by atoms with Gasteiger partial charge in [0.2, 0.25) is 0 Å². The highest BCUT2D eigenvalue weighted by Crippen LogP contribution is 2.44. The second-order valence-electron chi connectivity index (χ2n) is 6.50. The molecule has 0 aliphatic rings. The molecule has 29 heavy (non-hydrogen) atoms. The summed E-state index contributed by atoms with van der Waals surface area (Å²) in [5.41, 5.74) is 1.85. The minimum absolute atomic E-state index is 0.00338. The van der Waals surface area contributed by atoms with Crippen molar-refractivity contribution in [3.8, 4) is 11.5 Å². The van der Waals surface area contributed by atoms with Gasteiger partial charge in [0.25, 0.3) is 0 Å². The van der Waals surface area contributed by atoms with Gasteiger partial charge < -0.3 is 10.2 Å². The Morgan fingerprint density at radius 2 is 1.48 bits per heavy atom. The van der Waals surface area contributed by atoms with Gasteiger partial charge >= 0.3 is 0 Å². The summed E-state index contributed by atoms with van der Waals surface area (Å²) >= 11 is 0. The Morgan fingerprint density at radius 1 is 0.793 bits per heavy atom. The van der Waals surface area contributed by atoms with E-state index in [0.29, 0.717) is 11.3 Å². The lowest BCUT2D eigenvalue weighted by atomic mass is 9.96. The molecule has 0 aliphatic heterocycles. The fraction of sp³-hybridized carbons (Fsp3) is 0.0435. The highest BCUT2D eigenvalue weighted by molar-refractivity contribution is 5.96. The van der Waals surface area contributed by atoms with E-state index in [2.05, 4.69) is 10.2 Å². The molecule has 1 atom stereocenters. The minimum atomic E-state index is -0.681. The molecule has 4 aromatic carbocycles. The first-order valence-corrected chi connectivity index (χ1v) is 9.04. The standard InChI is InChI=1S/C23H19N3O3/c24-29-23(15-8-2-1-3-9-15)18-14-16-10-4-5-11-17(16)21(22(18)28)26-25-19-12-6-7-13-20(19)27/h1-14,23,27-28H,24H2. The zero-order chi connectivity index (χ0) is 20.2. The predicted octanol–water partition coefficient (Wildman–Crippen LogP) is 5.65. The first-order valence-electron chi connectivity index (χ1n) is 9.04. The second-order valence-corrected chi connectivity index (χ2v) is 6.50. The lowest BCUT2D eigenvalue weighted by Crippen LogP contribution is -2.11. The minimum Gasteiger partial charge on any atom is -0.506 e. The van der Waals surface area contributed by atoms with Crippen molar-refractivity contribution in [3.63, 3.8) is 0 Å². The van der Waals surface area contributed by atoms with Gasteiger partial charge in [0.1, 0.15) is 29.0 Å². The van der Waals surface area contributed by atoms with E-state index in [0.717, 1.165) is 16.3 Å². The summed E-state index contributed by atoms with van der Waals surface area (Å²) in [6.45, 7) is 0. The fourth-order valence-corrected chi connectivity index (χ4v) is 3.25. The number of nitrogens with zero attached hydrogens (tertiary/aromatic N) is 2. The highest BCUT2D eigenvalue weighted by Gasteiger charge is 2.22. The third-order valence-electron chi connectivity index (χ3n) is 4.68. The Bertz CT molecular complexity index is 1180. The van der Waals surface area contributed by atoms with Gasteiger partial charge in [-0.15, -0.1) is 10.2 Å². The molecule has 0 aliphatic carbocycles. The summed E-state index contributed by atoms with van der Waals surface area (Å²) in [5, 5.41) is 30.9. The molecule has 0 bridgehead atoms. The summed E-state index contributed by atoms with van der Waals surface area (Å²) in [6.07, 6.45) is -0.681. The van der Waals surface area contributed by atoms with Crippen LogP contribution in [0, 0.1) is 0 Å². The molecule has 0 radical (unpaired) electrons. The SMILES string of the molecule is NOC(c1ccccc1)c1cc2ccccc2c(N=Nc2ccccc2O)c1O. The number of fused-ring (bicyclic) bond motifs is 1. The predicted molar refractivity (Wildman–Crippen MR) is 111 cm³/mol. The van der Waals surface area contributed by atoms with E-state index in [1.165, 1.54) is 6.07 Å². The van der Waals surface area contributed by atoms with Gasteiger partial charge in [0.05, 0.1) is 0 Å². The topological polar surface area (TPSA) is 100 Å². The number of rotatable bonds is 5. The summed E-state index contributed by atoms with van der Waals surface area (Å²) in [7, 11) is 0. The summed E-state index contributed by atoms with van der Waals surface area (Å²) in [5.74, 6) is 5.51. The Hall–Kier alpha value is -3.74. The molecule has 6 nitrogen and oxygen atoms in total. The average Bonchev–Trinajstić information content (AvgIpc) is 2.76. The smallest absolute Gasteiger partial charge is 0.149 e. The molecular weight excluding hydrogens is 366 g/mol. The number of phenols is 2. The van der Waals surface area contributed by atoms with Gasteiger partial charge in [-0.25, -0.2) is 5.90 Å². The Kier molecular flexibility index (Phi) is 5.20. The Labute approximate surface area is 167 Å². The third-order valence-corrected chi connectivity index (χ3v) is 4.68. The van der Waals surface area contributed by atoms with Crippen LogP contribution in [-0.2, 0) is 4.84 Å². The first-order chi connectivity index (χ1) is 14.2. The van der Waals surface area contributed by atoms with Gasteiger partial charge in [0.15, 0.2) is 0 Å². The molecular formula is C23H19N3O3. The lowest BCUT2D eigenvalue weighted by molar-refractivity contribution is 0.0797. The van der Waals surface area contributed by atoms with Gasteiger partial charge in [-0.2, -0.15) is 0 Å². The van der Waals surface area contributed by atoms with E-state index in [1.807, 2.05) is 60.7 Å². The van der Waals surface area contributed by atoms with E-state index >= 15 is 0 Å². The zero-order valence-electron chi connectivity index (χ0n) is 15.4. The number of benzene rings is 4. The molecule has 144 valence electrons. The van der Waals surface area contributed by atoms with Gasteiger partial charge in [-0.05, 0) is 29.1 Å². The number of azo groups is 1. The third kappa shape index (κ3) is 3.67. The summed E-state index contributed by atoms with van der Waals surface area (Å²) < 4.78 is 0. The maximum atomic E-state index is 11.0. The maximum absolute atomic E-state index is 11.0. The molecule has 0 fully saturated rings. The summed E-state index contributed by atoms with van der Waals surface area (Å²) in [4.78, 5) is 5.22. The van der Waals surface area contributed by atoms with Crippen molar-refractivity contribution < 1.29 is 15.1 Å². The molecule has 0 heterocycles. The lowest BCUT2D eigenvalue weighted by Gasteiger charge is -2.18. The molecule has 0 aromatic heterocycles. The molecule has 0 spiro atoms. The van der Waals surface area contributed by atoms with E-state index in [1.54, 1.807) is 18.2 Å². The number of para-hydroxylation sites is 1. The summed E-state index contributed by atoms with van der Waals surface area (Å²) in [6, 6.07) is 25.3. The second kappa shape index (κ2) is 8.10. The molecule has 0 saturated heterocycles. The average molecular weight is 385 g/mol. The maximum Gasteiger partial charge on any atom is 0.149 e. The number of hydrogen-bond donors (Lipinski definition) is 3. The normalized spacial score (nSPS) is 12.4. The van der Waals surface area contributed by atoms with Crippen molar-refractivity contribution in [1.82, 2.24) is 0 Å². The zero-order valence-corrected chi connectivity index (χ0v) is 15.4. The molecule has 1 unspecified atom stereocenters. The Balaban J connectivity index is 1.90. The highest BCUT2D eigenvalue weighted by atomic mass is 16.6. The quantitative estimate of drug-likeness (QED) is 0.305. The molecule has 0 saturated carbocycles. The fourth-order valence-electron chi connectivity index (χ4n) is 3.25. The van der Waals surface area contributed by atoms with Crippen LogP contribution in [0.1, 0.15) is 17.2 Å². The van der Waals surface area contributed by atoms with Crippen LogP contribution in [0.4, 0.5) is 11.4 Å². The van der Waals surface area contributed by atoms with E-state index in [-0.39, 0.29) is 17.2 Å². The van der Waals surface area contributed by atoms with Crippen LogP contribution in [0.15, 0.2) is 95.2 Å². The van der Waals surface area contributed by atoms with E-state index in [4.69, 9.17) is 10.7 Å². The van der Waals surface area contributed by atoms with Gasteiger partial charge in [-0.3, -0.25) is 4.84 Å². The van der Waals surface area contributed by atoms with Crippen LogP contribution in [-0.4, -0.2) is 10.2 Å². The van der Waals surface area contributed by atoms with Crippen LogP contribution in [0.5, 0.6) is 11.5 Å². The van der Waals surface area contributed by atoms with Crippen LogP contribution >= 0.6 is 0 Å². The van der Waals surface area contributed by atoms with Gasteiger partial charge in [0, 0.05) is 10.9 Å². The number of phenolic OH excluding ortho intramolecular Hbond substituents is 2. The van der Waals surface area contributed by atoms with Crippen LogP contribution in [0.2, 0.25) is 0 Å². The monoisotopic (exact) mass is 385 g/mol. The van der Waals surface area contributed by atoms with Gasteiger partial charge in [-0.1, -0.05) is 66.7 Å². The molecule has 4 N–H and O–H groups in total. The number of hydrogen-bond acceptors (Lipinski definition) is 6. The van der Waals surface area contributed by atoms with E-state index < -0.39 is 6.10 Å². The molecule has 0 amide bonds. The van der Waals surface area contributed by atoms with Crippen molar-refractivity contribution in [2.24, 2.45) is 16.1 Å². The largest absolute Gasteiger partial charge is 0.506 e. The van der Waals surface area contributed by atoms with Crippen molar-refractivity contribution in [3.05, 3.63) is 96.1 Å². The molecule has 4 aromatic rings. The Morgan fingerprint density at radius 3 is 2.24 bits per heavy atom. The van der Waals surface area contributed by atoms with E-state index in [9.17, 15) is 10.2 Å². The van der Waals surface area contributed by atoms with Crippen molar-refractivity contribution >= 4 is 22.1 Å². The van der Waals surface area contributed by atoms with Crippen molar-refractivity contribution in [2.75, 3.05) is 0 Å². The first kappa shape index (κ1) is 18.6. The number of aromatic hydroxyl groups is 2. The number of nitrogens with two attached hydrogens (primary N) is 1. The van der Waals surface area contributed by atoms with Crippen molar-refractivity contribution in [2.45, 2.75) is 6.10 Å². The van der Waals surface area contributed by atoms with Crippen LogP contribution < -0.4 is 5.90 Å².